The number of carbonyl (C=O) groups is 1. The van der Waals surface area contributed by atoms with Crippen molar-refractivity contribution in [1.82, 2.24) is 20.0 Å². The summed E-state index contributed by atoms with van der Waals surface area (Å²) in [5, 5.41) is 3.36. The summed E-state index contributed by atoms with van der Waals surface area (Å²) in [5.74, 6) is -0.0100. The van der Waals surface area contributed by atoms with E-state index in [1.165, 1.54) is 6.20 Å². The van der Waals surface area contributed by atoms with E-state index in [1.807, 2.05) is 34.1 Å². The zero-order chi connectivity index (χ0) is 23.4. The van der Waals surface area contributed by atoms with Crippen LogP contribution in [0.3, 0.4) is 0 Å². The van der Waals surface area contributed by atoms with E-state index in [0.717, 1.165) is 11.3 Å². The Kier molecular flexibility index (Phi) is 6.47. The van der Waals surface area contributed by atoms with Crippen LogP contribution in [0, 0.1) is 0 Å². The molecule has 1 aromatic carbocycles. The second-order valence-electron chi connectivity index (χ2n) is 7.54. The molecule has 0 radical (unpaired) electrons. The summed E-state index contributed by atoms with van der Waals surface area (Å²) in [5.41, 5.74) is 1.40. The normalized spacial score (nSPS) is 14.4. The molecule has 1 saturated heterocycles. The summed E-state index contributed by atoms with van der Waals surface area (Å²) in [7, 11) is 1.61. The quantitative estimate of drug-likeness (QED) is 0.556. The van der Waals surface area contributed by atoms with E-state index in [-0.39, 0.29) is 11.7 Å². The smallest absolute Gasteiger partial charge is 0.471 e. The number of anilines is 1. The van der Waals surface area contributed by atoms with Crippen molar-refractivity contribution in [3.63, 3.8) is 0 Å². The van der Waals surface area contributed by atoms with Gasteiger partial charge < -0.3 is 19.1 Å². The summed E-state index contributed by atoms with van der Waals surface area (Å²) >= 11 is 0. The van der Waals surface area contributed by atoms with Crippen LogP contribution >= 0.6 is 0 Å². The summed E-state index contributed by atoms with van der Waals surface area (Å²) in [6.07, 6.45) is -2.18. The molecule has 0 N–H and O–H groups in total. The molecule has 1 aliphatic rings. The van der Waals surface area contributed by atoms with Gasteiger partial charge in [0.05, 0.1) is 7.11 Å². The highest BCUT2D eigenvalue weighted by Crippen LogP contribution is 2.29. The summed E-state index contributed by atoms with van der Waals surface area (Å²) < 4.78 is 47.3. The van der Waals surface area contributed by atoms with Gasteiger partial charge in [-0.25, -0.2) is 4.98 Å². The van der Waals surface area contributed by atoms with Crippen LogP contribution in [0.1, 0.15) is 17.9 Å². The Morgan fingerprint density at radius 2 is 1.82 bits per heavy atom. The lowest BCUT2D eigenvalue weighted by Gasteiger charge is -2.35. The lowest BCUT2D eigenvalue weighted by Crippen LogP contribution is -2.49. The van der Waals surface area contributed by atoms with Gasteiger partial charge >= 0.3 is 12.1 Å². The SMILES string of the molecule is COc1ccc(CCC(=O)N2CCN(c3ccc(-c4noc(C(F)(F)F)n4)cn3)CC2)cc1. The third-order valence-corrected chi connectivity index (χ3v) is 5.42. The zero-order valence-electron chi connectivity index (χ0n) is 17.9. The molecule has 0 unspecified atom stereocenters. The van der Waals surface area contributed by atoms with Crippen LogP contribution in [0.15, 0.2) is 47.1 Å². The predicted molar refractivity (Wildman–Crippen MR) is 113 cm³/mol. The Labute approximate surface area is 188 Å². The average molecular weight is 461 g/mol. The number of rotatable bonds is 6. The highest BCUT2D eigenvalue weighted by atomic mass is 19.4. The van der Waals surface area contributed by atoms with Crippen LogP contribution in [0.5, 0.6) is 5.75 Å². The number of pyridine rings is 1. The zero-order valence-corrected chi connectivity index (χ0v) is 17.9. The first-order chi connectivity index (χ1) is 15.8. The van der Waals surface area contributed by atoms with Crippen LogP contribution in [0.25, 0.3) is 11.4 Å². The minimum Gasteiger partial charge on any atom is -0.497 e. The molecule has 1 fully saturated rings. The van der Waals surface area contributed by atoms with E-state index in [2.05, 4.69) is 19.6 Å². The molecule has 3 aromatic rings. The van der Waals surface area contributed by atoms with Crippen molar-refractivity contribution in [2.45, 2.75) is 19.0 Å². The second kappa shape index (κ2) is 9.47. The molecule has 174 valence electrons. The maximum atomic E-state index is 12.6. The molecular formula is C22H22F3N5O3. The van der Waals surface area contributed by atoms with Gasteiger partial charge in [-0.1, -0.05) is 17.3 Å². The predicted octanol–water partition coefficient (Wildman–Crippen LogP) is 3.44. The van der Waals surface area contributed by atoms with Crippen LogP contribution in [-0.2, 0) is 17.4 Å². The molecule has 1 aliphatic heterocycles. The minimum absolute atomic E-state index is 0.103. The van der Waals surface area contributed by atoms with Gasteiger partial charge in [0, 0.05) is 44.4 Å². The Morgan fingerprint density at radius 3 is 2.39 bits per heavy atom. The van der Waals surface area contributed by atoms with Crippen molar-refractivity contribution in [3.05, 3.63) is 54.0 Å². The first kappa shape index (κ1) is 22.6. The minimum atomic E-state index is -4.69. The number of aryl methyl sites for hydroxylation is 1. The topological polar surface area (TPSA) is 84.6 Å². The van der Waals surface area contributed by atoms with Gasteiger partial charge in [-0.05, 0) is 36.2 Å². The van der Waals surface area contributed by atoms with Crippen LogP contribution < -0.4 is 9.64 Å². The van der Waals surface area contributed by atoms with Crippen molar-refractivity contribution in [2.24, 2.45) is 0 Å². The molecule has 0 saturated carbocycles. The molecular weight excluding hydrogens is 439 g/mol. The van der Waals surface area contributed by atoms with E-state index in [1.54, 1.807) is 19.2 Å². The number of piperazine rings is 1. The van der Waals surface area contributed by atoms with Gasteiger partial charge in [0.25, 0.3) is 0 Å². The largest absolute Gasteiger partial charge is 0.497 e. The molecule has 2 aromatic heterocycles. The van der Waals surface area contributed by atoms with Gasteiger partial charge in [-0.2, -0.15) is 18.2 Å². The molecule has 0 spiro atoms. The third-order valence-electron chi connectivity index (χ3n) is 5.42. The molecule has 4 rings (SSSR count). The summed E-state index contributed by atoms with van der Waals surface area (Å²) in [4.78, 5) is 24.1. The number of hydrogen-bond acceptors (Lipinski definition) is 7. The van der Waals surface area contributed by atoms with Crippen LogP contribution in [0.4, 0.5) is 19.0 Å². The van der Waals surface area contributed by atoms with E-state index in [9.17, 15) is 18.0 Å². The molecule has 11 heteroatoms. The van der Waals surface area contributed by atoms with Gasteiger partial charge in [0.15, 0.2) is 0 Å². The molecule has 0 atom stereocenters. The fourth-order valence-corrected chi connectivity index (χ4v) is 3.55. The molecule has 3 heterocycles. The maximum absolute atomic E-state index is 12.6. The van der Waals surface area contributed by atoms with Gasteiger partial charge in [0.2, 0.25) is 11.7 Å². The number of alkyl halides is 3. The first-order valence-electron chi connectivity index (χ1n) is 10.4. The standard InChI is InChI=1S/C22H22F3N5O3/c1-32-17-6-2-15(3-7-17)4-9-19(31)30-12-10-29(11-13-30)18-8-5-16(14-26-18)20-27-21(33-28-20)22(23,24)25/h2-3,5-8,14H,4,9-13H2,1H3. The number of benzene rings is 1. The van der Waals surface area contributed by atoms with E-state index < -0.39 is 12.1 Å². The van der Waals surface area contributed by atoms with E-state index in [4.69, 9.17) is 4.74 Å². The third kappa shape index (κ3) is 5.41. The summed E-state index contributed by atoms with van der Waals surface area (Å²) in [6, 6.07) is 11.0. The van der Waals surface area contributed by atoms with Gasteiger partial charge in [-0.15, -0.1) is 0 Å². The van der Waals surface area contributed by atoms with Crippen LogP contribution in [-0.4, -0.2) is 59.2 Å². The lowest BCUT2D eigenvalue weighted by atomic mass is 10.1. The Bertz CT molecular complexity index is 1080. The molecule has 0 bridgehead atoms. The molecule has 33 heavy (non-hydrogen) atoms. The molecule has 1 amide bonds. The fourth-order valence-electron chi connectivity index (χ4n) is 3.55. The number of methoxy groups -OCH3 is 1. The Hall–Kier alpha value is -3.63. The average Bonchev–Trinajstić information content (AvgIpc) is 3.34. The number of ether oxygens (including phenoxy) is 1. The van der Waals surface area contributed by atoms with Crippen molar-refractivity contribution < 1.29 is 27.2 Å². The van der Waals surface area contributed by atoms with Crippen molar-refractivity contribution >= 4 is 11.7 Å². The monoisotopic (exact) mass is 461 g/mol. The fraction of sp³-hybridized carbons (Fsp3) is 0.364. The van der Waals surface area contributed by atoms with Crippen molar-refractivity contribution in [2.75, 3.05) is 38.2 Å². The molecule has 0 aliphatic carbocycles. The molecule has 8 nitrogen and oxygen atoms in total. The number of aromatic nitrogens is 3. The number of hydrogen-bond donors (Lipinski definition) is 0. The highest BCUT2D eigenvalue weighted by Gasteiger charge is 2.38. The Balaban J connectivity index is 1.28. The number of amides is 1. The Morgan fingerprint density at radius 1 is 1.09 bits per heavy atom. The number of halogens is 3. The lowest BCUT2D eigenvalue weighted by molar-refractivity contribution is -0.159. The highest BCUT2D eigenvalue weighted by molar-refractivity contribution is 5.76. The van der Waals surface area contributed by atoms with E-state index >= 15 is 0 Å². The number of carbonyl (C=O) groups excluding carboxylic acids is 1. The van der Waals surface area contributed by atoms with E-state index in [0.29, 0.717) is 50.4 Å². The summed E-state index contributed by atoms with van der Waals surface area (Å²) in [6.45, 7) is 2.37. The first-order valence-corrected chi connectivity index (χ1v) is 10.4. The maximum Gasteiger partial charge on any atom is 0.471 e. The van der Waals surface area contributed by atoms with Crippen molar-refractivity contribution in [3.8, 4) is 17.1 Å². The van der Waals surface area contributed by atoms with Crippen molar-refractivity contribution in [1.29, 1.82) is 0 Å². The number of nitrogens with zero attached hydrogens (tertiary/aromatic N) is 5. The second-order valence-corrected chi connectivity index (χ2v) is 7.54. The van der Waals surface area contributed by atoms with Gasteiger partial charge in [0.1, 0.15) is 11.6 Å². The van der Waals surface area contributed by atoms with Gasteiger partial charge in [-0.3, -0.25) is 4.79 Å². The van der Waals surface area contributed by atoms with Crippen LogP contribution in [0.2, 0.25) is 0 Å².